The number of anilines is 3. The fourth-order valence-corrected chi connectivity index (χ4v) is 9.86. The molecule has 2 fully saturated rings. The minimum atomic E-state index is -4.68. The zero-order chi connectivity index (χ0) is 45.8. The van der Waals surface area contributed by atoms with E-state index in [9.17, 15) is 32.1 Å². The number of nitrogens with one attached hydrogen (secondary N) is 2. The maximum atomic E-state index is 13.9. The number of benzene rings is 3. The van der Waals surface area contributed by atoms with Crippen LogP contribution < -0.4 is 25.4 Å². The predicted octanol–water partition coefficient (Wildman–Crippen LogP) is 8.76. The smallest absolute Gasteiger partial charge is 0.293 e. The summed E-state index contributed by atoms with van der Waals surface area (Å²) >= 11 is 12.5. The highest BCUT2D eigenvalue weighted by Crippen LogP contribution is 2.43. The van der Waals surface area contributed by atoms with Gasteiger partial charge >= 0.3 is 0 Å². The van der Waals surface area contributed by atoms with Crippen LogP contribution in [0.5, 0.6) is 11.5 Å². The number of nitro groups is 1. The molecule has 4 N–H and O–H groups in total. The van der Waals surface area contributed by atoms with Gasteiger partial charge in [-0.15, -0.1) is 0 Å². The molecular formula is C45H52Cl2F2N8O6S. The van der Waals surface area contributed by atoms with Crippen LogP contribution in [0, 0.1) is 15.5 Å². The van der Waals surface area contributed by atoms with E-state index in [2.05, 4.69) is 46.1 Å². The summed E-state index contributed by atoms with van der Waals surface area (Å²) in [5, 5.41) is 16.1. The quantitative estimate of drug-likeness (QED) is 0.0765. The first-order valence-electron chi connectivity index (χ1n) is 21.2. The van der Waals surface area contributed by atoms with Gasteiger partial charge in [0.1, 0.15) is 36.4 Å². The Labute approximate surface area is 381 Å². The van der Waals surface area contributed by atoms with Crippen LogP contribution >= 0.6 is 23.2 Å². The zero-order valence-corrected chi connectivity index (χ0v) is 38.0. The van der Waals surface area contributed by atoms with E-state index >= 15 is 0 Å². The van der Waals surface area contributed by atoms with Gasteiger partial charge in [-0.1, -0.05) is 54.8 Å². The van der Waals surface area contributed by atoms with Crippen molar-refractivity contribution in [1.82, 2.24) is 19.5 Å². The van der Waals surface area contributed by atoms with Gasteiger partial charge < -0.3 is 20.7 Å². The first kappa shape index (κ1) is 46.9. The van der Waals surface area contributed by atoms with Crippen molar-refractivity contribution in [3.63, 3.8) is 0 Å². The number of nitrogens with two attached hydrogens (primary N) is 1. The van der Waals surface area contributed by atoms with Crippen LogP contribution in [0.4, 0.5) is 31.7 Å². The second kappa shape index (κ2) is 20.0. The zero-order valence-electron chi connectivity index (χ0n) is 35.7. The number of nitrogens with zero attached hydrogens (tertiary/aromatic N) is 5. The second-order valence-electron chi connectivity index (χ2n) is 17.3. The van der Waals surface area contributed by atoms with E-state index in [1.54, 1.807) is 17.0 Å². The summed E-state index contributed by atoms with van der Waals surface area (Å²) in [6, 6.07) is 16.3. The predicted molar refractivity (Wildman–Crippen MR) is 247 cm³/mol. The number of ether oxygens (including phenoxy) is 1. The lowest BCUT2D eigenvalue weighted by molar-refractivity contribution is -0.384. The Morgan fingerprint density at radius 1 is 1.03 bits per heavy atom. The molecule has 0 spiro atoms. The number of hydrogen-bond donors (Lipinski definition) is 3. The van der Waals surface area contributed by atoms with E-state index in [-0.39, 0.29) is 51.6 Å². The number of amides is 1. The molecule has 0 radical (unpaired) electrons. The lowest BCUT2D eigenvalue weighted by Gasteiger charge is -2.39. The molecular weight excluding hydrogens is 890 g/mol. The molecule has 1 atom stereocenters. The number of allylic oxidation sites excluding steroid dienone is 1. The van der Waals surface area contributed by atoms with Crippen molar-refractivity contribution in [2.45, 2.75) is 62.9 Å². The van der Waals surface area contributed by atoms with Crippen molar-refractivity contribution >= 4 is 67.6 Å². The number of pyridine rings is 1. The molecule has 0 unspecified atom stereocenters. The molecule has 19 heteroatoms. The van der Waals surface area contributed by atoms with E-state index in [4.69, 9.17) is 33.7 Å². The number of piperazine rings is 1. The van der Waals surface area contributed by atoms with Crippen LogP contribution in [0.15, 0.2) is 83.4 Å². The molecule has 14 nitrogen and oxygen atoms in total. The molecule has 1 amide bonds. The van der Waals surface area contributed by atoms with Gasteiger partial charge in [-0.25, -0.2) is 26.9 Å². The van der Waals surface area contributed by atoms with Crippen LogP contribution in [0.2, 0.25) is 10.0 Å². The first-order valence-corrected chi connectivity index (χ1v) is 23.4. The molecule has 1 aromatic heterocycles. The summed E-state index contributed by atoms with van der Waals surface area (Å²) in [7, 11) is -4.68. The molecule has 3 heterocycles. The highest BCUT2D eigenvalue weighted by molar-refractivity contribution is 7.90. The number of hydrogen-bond acceptors (Lipinski definition) is 12. The molecule has 64 heavy (non-hydrogen) atoms. The van der Waals surface area contributed by atoms with E-state index in [1.165, 1.54) is 41.1 Å². The number of sulfonamides is 1. The van der Waals surface area contributed by atoms with Gasteiger partial charge in [0.25, 0.3) is 21.6 Å². The Morgan fingerprint density at radius 3 is 2.45 bits per heavy atom. The summed E-state index contributed by atoms with van der Waals surface area (Å²) < 4.78 is 62.4. The number of nitrogen functional groups attached to an aromatic ring is 1. The van der Waals surface area contributed by atoms with Crippen LogP contribution in [-0.4, -0.2) is 105 Å². The van der Waals surface area contributed by atoms with E-state index < -0.39 is 50.8 Å². The number of carbonyl (C=O) groups is 1. The number of rotatable bonds is 15. The number of aromatic nitrogens is 1. The van der Waals surface area contributed by atoms with Gasteiger partial charge in [0, 0.05) is 74.2 Å². The fourth-order valence-electron chi connectivity index (χ4n) is 8.59. The number of alkyl halides is 2. The van der Waals surface area contributed by atoms with Crippen LogP contribution in [0.1, 0.15) is 61.9 Å². The molecule has 2 aliphatic heterocycles. The topological polar surface area (TPSA) is 176 Å². The normalized spacial score (nSPS) is 18.5. The average Bonchev–Trinajstić information content (AvgIpc) is 3.26. The highest BCUT2D eigenvalue weighted by Gasteiger charge is 2.32. The Balaban J connectivity index is 1.08. The monoisotopic (exact) mass is 940 g/mol. The first-order chi connectivity index (χ1) is 30.5. The van der Waals surface area contributed by atoms with Gasteiger partial charge in [0.15, 0.2) is 0 Å². The van der Waals surface area contributed by atoms with Crippen molar-refractivity contribution < 1.29 is 31.7 Å². The molecule has 0 saturated carbocycles. The Hall–Kier alpha value is -5.07. The third-order valence-electron chi connectivity index (χ3n) is 12.2. The van der Waals surface area contributed by atoms with Gasteiger partial charge in [0.05, 0.1) is 32.6 Å². The maximum Gasteiger partial charge on any atom is 0.293 e. The standard InChI is InChI=1S/C45H52Cl2F2N8O6S/c1-45(2)14-13-30(38(23-45)29-5-7-31(46)8-6-29)27-54-16-18-55(19-17-54)33-9-11-37(42(20-33)63-35-21-39(47)43(50)51-26-35)44(58)53-64(61,62)36-10-12-40(41(22-36)57(59)60)52-32-4-3-15-56(28-32)34(24-48)25-49/h5-12,20-22,26,32,34,52H,3-4,13-19,23-25,27-28H2,1-2H3,(H2,50,51)(H,53,58)/t32-/m1/s1. The van der Waals surface area contributed by atoms with Crippen LogP contribution in [0.3, 0.4) is 0 Å². The maximum absolute atomic E-state index is 13.9. The van der Waals surface area contributed by atoms with Crippen molar-refractivity contribution in [1.29, 1.82) is 0 Å². The van der Waals surface area contributed by atoms with E-state index in [1.807, 2.05) is 16.9 Å². The van der Waals surface area contributed by atoms with Crippen LogP contribution in [-0.2, 0) is 10.0 Å². The van der Waals surface area contributed by atoms with Crippen molar-refractivity contribution in [2.24, 2.45) is 5.41 Å². The highest BCUT2D eigenvalue weighted by atomic mass is 35.5. The third-order valence-corrected chi connectivity index (χ3v) is 14.1. The molecule has 7 rings (SSSR count). The Bertz CT molecular complexity index is 2500. The van der Waals surface area contributed by atoms with Gasteiger partial charge in [0.2, 0.25) is 0 Å². The summed E-state index contributed by atoms with van der Waals surface area (Å²) in [6.45, 7) is 7.34. The summed E-state index contributed by atoms with van der Waals surface area (Å²) in [5.74, 6) is -0.837. The van der Waals surface area contributed by atoms with Crippen LogP contribution in [0.25, 0.3) is 5.57 Å². The summed E-state index contributed by atoms with van der Waals surface area (Å²) in [5.41, 5.74) is 10.1. The van der Waals surface area contributed by atoms with E-state index in [0.29, 0.717) is 37.5 Å². The molecule has 0 bridgehead atoms. The molecule has 3 aromatic carbocycles. The average molecular weight is 942 g/mol. The number of halogens is 4. The summed E-state index contributed by atoms with van der Waals surface area (Å²) in [4.78, 5) is 35.1. The lowest BCUT2D eigenvalue weighted by atomic mass is 9.72. The Kier molecular flexibility index (Phi) is 14.6. The minimum Gasteiger partial charge on any atom is -0.455 e. The number of piperidine rings is 1. The molecule has 4 aromatic rings. The fraction of sp³-hybridized carbons (Fsp3) is 0.422. The van der Waals surface area contributed by atoms with Crippen molar-refractivity contribution in [3.8, 4) is 11.5 Å². The summed E-state index contributed by atoms with van der Waals surface area (Å²) in [6.07, 6.45) is 5.62. The molecule has 2 saturated heterocycles. The third kappa shape index (κ3) is 11.2. The number of likely N-dealkylation sites (tertiary alicyclic amines) is 1. The SMILES string of the molecule is CC1(C)CCC(CN2CCN(c3ccc(C(=O)NS(=O)(=O)c4ccc(N[C@@H]5CCCN(C(CF)CF)C5)c([N+](=O)[O-])c4)c(Oc4cnc(N)c(Cl)c4)c3)CC2)=C(c2ccc(Cl)cc2)C1. The van der Waals surface area contributed by atoms with Crippen molar-refractivity contribution in [3.05, 3.63) is 110 Å². The van der Waals surface area contributed by atoms with Gasteiger partial charge in [-0.05, 0) is 91.6 Å². The number of carbonyl (C=O) groups excluding carboxylic acids is 1. The lowest BCUT2D eigenvalue weighted by Crippen LogP contribution is -2.48. The minimum absolute atomic E-state index is 0.00710. The van der Waals surface area contributed by atoms with E-state index in [0.717, 1.165) is 56.7 Å². The molecule has 3 aliphatic rings. The largest absolute Gasteiger partial charge is 0.455 e. The Morgan fingerprint density at radius 2 is 1.77 bits per heavy atom. The van der Waals surface area contributed by atoms with Gasteiger partial charge in [-0.3, -0.25) is 24.7 Å². The molecule has 1 aliphatic carbocycles. The molecule has 342 valence electrons. The van der Waals surface area contributed by atoms with Crippen molar-refractivity contribution in [2.75, 3.05) is 75.1 Å². The second-order valence-corrected chi connectivity index (χ2v) is 19.9. The van der Waals surface area contributed by atoms with Gasteiger partial charge in [-0.2, -0.15) is 0 Å². The number of nitro benzene ring substituents is 1.